The molecule has 0 amide bonds. The van der Waals surface area contributed by atoms with Gasteiger partial charge < -0.3 is 10.1 Å². The summed E-state index contributed by atoms with van der Waals surface area (Å²) in [5.41, 5.74) is 0. The van der Waals surface area contributed by atoms with Crippen molar-refractivity contribution in [2.75, 3.05) is 26.3 Å². The van der Waals surface area contributed by atoms with E-state index in [-0.39, 0.29) is 0 Å². The summed E-state index contributed by atoms with van der Waals surface area (Å²) in [6.07, 6.45) is 7.20. The maximum absolute atomic E-state index is 5.42. The van der Waals surface area contributed by atoms with Crippen molar-refractivity contribution in [1.29, 1.82) is 0 Å². The molecule has 0 atom stereocenters. The zero-order valence-electron chi connectivity index (χ0n) is 9.93. The lowest BCUT2D eigenvalue weighted by molar-refractivity contribution is 0.133. The van der Waals surface area contributed by atoms with Crippen LogP contribution in [0.4, 0.5) is 0 Å². The molecule has 0 aromatic heterocycles. The Morgan fingerprint density at radius 3 is 3.07 bits per heavy atom. The molecule has 0 fully saturated rings. The number of rotatable bonds is 6. The molecule has 1 heterocycles. The number of aliphatic imine (C=N–C) groups is 1. The summed E-state index contributed by atoms with van der Waals surface area (Å²) in [7, 11) is 0. The topological polar surface area (TPSA) is 33.6 Å². The van der Waals surface area contributed by atoms with E-state index in [1.165, 1.54) is 25.1 Å². The van der Waals surface area contributed by atoms with Crippen molar-refractivity contribution in [1.82, 2.24) is 5.32 Å². The Hall–Kier alpha value is -0.570. The fraction of sp³-hybridized carbons (Fsp3) is 0.917. The summed E-state index contributed by atoms with van der Waals surface area (Å²) in [4.78, 5) is 4.52. The number of nitrogens with zero attached hydrogens (tertiary/aromatic N) is 1. The quantitative estimate of drug-likeness (QED) is 0.686. The van der Waals surface area contributed by atoms with Gasteiger partial charge >= 0.3 is 0 Å². The molecule has 1 aliphatic rings. The molecule has 3 heteroatoms. The molecule has 0 radical (unpaired) electrons. The summed E-state index contributed by atoms with van der Waals surface area (Å²) in [5, 5.41) is 3.41. The third-order valence-corrected chi connectivity index (χ3v) is 2.52. The number of amidine groups is 1. The van der Waals surface area contributed by atoms with Gasteiger partial charge in [0, 0.05) is 32.7 Å². The van der Waals surface area contributed by atoms with E-state index >= 15 is 0 Å². The lowest BCUT2D eigenvalue weighted by Crippen LogP contribution is -2.25. The van der Waals surface area contributed by atoms with E-state index in [0.717, 1.165) is 45.6 Å². The maximum atomic E-state index is 5.42. The average Bonchev–Trinajstić information content (AvgIpc) is 2.52. The lowest BCUT2D eigenvalue weighted by Gasteiger charge is -2.08. The summed E-state index contributed by atoms with van der Waals surface area (Å²) in [6, 6.07) is 0. The average molecular weight is 212 g/mol. The second-order valence-corrected chi connectivity index (χ2v) is 4.03. The van der Waals surface area contributed by atoms with Gasteiger partial charge in [0.15, 0.2) is 0 Å². The molecule has 1 N–H and O–H groups in total. The first kappa shape index (κ1) is 12.5. The Morgan fingerprint density at radius 2 is 2.20 bits per heavy atom. The highest BCUT2D eigenvalue weighted by molar-refractivity contribution is 5.82. The number of hydrogen-bond donors (Lipinski definition) is 1. The molecule has 0 unspecified atom stereocenters. The van der Waals surface area contributed by atoms with Crippen LogP contribution in [0.3, 0.4) is 0 Å². The molecule has 1 aliphatic heterocycles. The van der Waals surface area contributed by atoms with E-state index < -0.39 is 0 Å². The van der Waals surface area contributed by atoms with Crippen LogP contribution in [0, 0.1) is 0 Å². The summed E-state index contributed by atoms with van der Waals surface area (Å²) in [5.74, 6) is 1.21. The van der Waals surface area contributed by atoms with Crippen LogP contribution in [-0.2, 0) is 4.74 Å². The molecule has 0 bridgehead atoms. The van der Waals surface area contributed by atoms with E-state index in [0.29, 0.717) is 0 Å². The van der Waals surface area contributed by atoms with E-state index in [9.17, 15) is 0 Å². The van der Waals surface area contributed by atoms with Gasteiger partial charge in [0.05, 0.1) is 5.84 Å². The number of ether oxygens (including phenoxy) is 1. The Bertz CT molecular complexity index is 180. The third kappa shape index (κ3) is 6.50. The molecule has 0 aliphatic carbocycles. The van der Waals surface area contributed by atoms with E-state index in [2.05, 4.69) is 17.2 Å². The predicted molar refractivity (Wildman–Crippen MR) is 64.5 cm³/mol. The van der Waals surface area contributed by atoms with Crippen LogP contribution >= 0.6 is 0 Å². The summed E-state index contributed by atoms with van der Waals surface area (Å²) < 4.78 is 5.42. The molecular weight excluding hydrogens is 188 g/mol. The molecule has 3 nitrogen and oxygen atoms in total. The second kappa shape index (κ2) is 8.72. The van der Waals surface area contributed by atoms with Crippen molar-refractivity contribution < 1.29 is 4.74 Å². The van der Waals surface area contributed by atoms with Crippen LogP contribution in [0.15, 0.2) is 4.99 Å². The lowest BCUT2D eigenvalue weighted by atomic mass is 10.2. The van der Waals surface area contributed by atoms with Gasteiger partial charge in [-0.1, -0.05) is 13.3 Å². The van der Waals surface area contributed by atoms with Crippen molar-refractivity contribution in [3.05, 3.63) is 0 Å². The van der Waals surface area contributed by atoms with Gasteiger partial charge in [-0.05, 0) is 25.7 Å². The van der Waals surface area contributed by atoms with Crippen molar-refractivity contribution in [3.63, 3.8) is 0 Å². The smallest absolute Gasteiger partial charge is 0.0963 e. The minimum absolute atomic E-state index is 0.869. The van der Waals surface area contributed by atoms with Crippen LogP contribution < -0.4 is 5.32 Å². The molecule has 0 aromatic carbocycles. The van der Waals surface area contributed by atoms with Gasteiger partial charge in [-0.25, -0.2) is 0 Å². The normalized spacial score (nSPS) is 17.0. The SMILES string of the molecule is CCCOCCCNC1=NCCCCC1. The second-order valence-electron chi connectivity index (χ2n) is 4.03. The van der Waals surface area contributed by atoms with Crippen LogP contribution in [0.1, 0.15) is 45.4 Å². The Kier molecular flexibility index (Phi) is 7.26. The van der Waals surface area contributed by atoms with E-state index in [4.69, 9.17) is 4.74 Å². The summed E-state index contributed by atoms with van der Waals surface area (Å²) >= 11 is 0. The Labute approximate surface area is 93.3 Å². The molecule has 0 saturated heterocycles. The van der Waals surface area contributed by atoms with Gasteiger partial charge in [-0.3, -0.25) is 4.99 Å². The molecule has 15 heavy (non-hydrogen) atoms. The third-order valence-electron chi connectivity index (χ3n) is 2.52. The highest BCUT2D eigenvalue weighted by atomic mass is 16.5. The van der Waals surface area contributed by atoms with E-state index in [1.54, 1.807) is 0 Å². The van der Waals surface area contributed by atoms with Crippen LogP contribution in [0.2, 0.25) is 0 Å². The van der Waals surface area contributed by atoms with Gasteiger partial charge in [-0.15, -0.1) is 0 Å². The molecule has 88 valence electrons. The molecular formula is C12H24N2O. The Balaban J connectivity index is 1.96. The minimum Gasteiger partial charge on any atom is -0.381 e. The molecule has 0 aromatic rings. The fourth-order valence-electron chi connectivity index (χ4n) is 1.67. The zero-order chi connectivity index (χ0) is 10.8. The first-order chi connectivity index (χ1) is 7.43. The minimum atomic E-state index is 0.869. The predicted octanol–water partition coefficient (Wildman–Crippen LogP) is 2.37. The first-order valence-corrected chi connectivity index (χ1v) is 6.28. The van der Waals surface area contributed by atoms with Gasteiger partial charge in [-0.2, -0.15) is 0 Å². The number of nitrogens with one attached hydrogen (secondary N) is 1. The van der Waals surface area contributed by atoms with Gasteiger partial charge in [0.25, 0.3) is 0 Å². The van der Waals surface area contributed by atoms with E-state index in [1.807, 2.05) is 0 Å². The van der Waals surface area contributed by atoms with Crippen molar-refractivity contribution in [2.24, 2.45) is 4.99 Å². The van der Waals surface area contributed by atoms with Crippen LogP contribution in [0.5, 0.6) is 0 Å². The molecule has 1 rings (SSSR count). The van der Waals surface area contributed by atoms with Gasteiger partial charge in [0.2, 0.25) is 0 Å². The standard InChI is InChI=1S/C12H24N2O/c1-2-10-15-11-6-9-14-12-7-4-3-5-8-13-12/h2-11H2,1H3,(H,13,14). The van der Waals surface area contributed by atoms with Crippen molar-refractivity contribution in [2.45, 2.75) is 45.4 Å². The highest BCUT2D eigenvalue weighted by Crippen LogP contribution is 2.05. The van der Waals surface area contributed by atoms with Crippen LogP contribution in [-0.4, -0.2) is 32.1 Å². The van der Waals surface area contributed by atoms with Crippen molar-refractivity contribution in [3.8, 4) is 0 Å². The van der Waals surface area contributed by atoms with Gasteiger partial charge in [0.1, 0.15) is 0 Å². The molecule has 0 spiro atoms. The highest BCUT2D eigenvalue weighted by Gasteiger charge is 2.02. The summed E-state index contributed by atoms with van der Waals surface area (Å²) in [6.45, 7) is 5.91. The maximum Gasteiger partial charge on any atom is 0.0963 e. The fourth-order valence-corrected chi connectivity index (χ4v) is 1.67. The monoisotopic (exact) mass is 212 g/mol. The number of hydrogen-bond acceptors (Lipinski definition) is 3. The molecule has 0 saturated carbocycles. The Morgan fingerprint density at radius 1 is 1.27 bits per heavy atom. The van der Waals surface area contributed by atoms with Crippen LogP contribution in [0.25, 0.3) is 0 Å². The first-order valence-electron chi connectivity index (χ1n) is 6.28. The van der Waals surface area contributed by atoms with Crippen molar-refractivity contribution >= 4 is 5.84 Å². The largest absolute Gasteiger partial charge is 0.381 e. The zero-order valence-corrected chi connectivity index (χ0v) is 9.93.